The van der Waals surface area contributed by atoms with Gasteiger partial charge in [-0.15, -0.1) is 0 Å². The summed E-state index contributed by atoms with van der Waals surface area (Å²) in [6, 6.07) is 0. The van der Waals surface area contributed by atoms with E-state index in [2.05, 4.69) is 9.97 Å². The van der Waals surface area contributed by atoms with Gasteiger partial charge in [0.15, 0.2) is 9.84 Å². The SMILES string of the molecule is NC1(c2ncc(C3CCCS(=O)(=O)C3)[nH]2)CC1. The van der Waals surface area contributed by atoms with Crippen LogP contribution in [-0.2, 0) is 15.4 Å². The molecular weight excluding hydrogens is 238 g/mol. The number of hydrogen-bond donors (Lipinski definition) is 2. The molecule has 1 saturated carbocycles. The van der Waals surface area contributed by atoms with E-state index in [1.165, 1.54) is 0 Å². The lowest BCUT2D eigenvalue weighted by Gasteiger charge is -2.20. The van der Waals surface area contributed by atoms with Crippen LogP contribution in [0.3, 0.4) is 0 Å². The molecular formula is C11H17N3O2S. The topological polar surface area (TPSA) is 88.8 Å². The number of nitrogens with one attached hydrogen (secondary N) is 1. The van der Waals surface area contributed by atoms with E-state index in [-0.39, 0.29) is 17.2 Å². The number of aromatic nitrogens is 2. The first kappa shape index (κ1) is 11.2. The number of rotatable bonds is 2. The van der Waals surface area contributed by atoms with Crippen molar-refractivity contribution in [1.82, 2.24) is 9.97 Å². The van der Waals surface area contributed by atoms with E-state index in [0.717, 1.165) is 37.2 Å². The van der Waals surface area contributed by atoms with Crippen molar-refractivity contribution in [3.05, 3.63) is 17.7 Å². The Morgan fingerprint density at radius 3 is 2.88 bits per heavy atom. The third kappa shape index (κ3) is 2.11. The molecule has 1 aromatic rings. The first-order chi connectivity index (χ1) is 7.99. The zero-order valence-corrected chi connectivity index (χ0v) is 10.5. The highest BCUT2D eigenvalue weighted by Crippen LogP contribution is 2.41. The summed E-state index contributed by atoms with van der Waals surface area (Å²) in [5.41, 5.74) is 6.71. The van der Waals surface area contributed by atoms with Gasteiger partial charge in [0.2, 0.25) is 0 Å². The van der Waals surface area contributed by atoms with E-state index in [9.17, 15) is 8.42 Å². The second-order valence-corrected chi connectivity index (χ2v) is 7.53. The minimum atomic E-state index is -2.87. The third-order valence-electron chi connectivity index (χ3n) is 3.76. The Kier molecular flexibility index (Phi) is 2.35. The molecule has 0 bridgehead atoms. The molecule has 94 valence electrons. The number of sulfone groups is 1. The predicted molar refractivity (Wildman–Crippen MR) is 64.3 cm³/mol. The molecule has 17 heavy (non-hydrogen) atoms. The second kappa shape index (κ2) is 3.55. The van der Waals surface area contributed by atoms with Gasteiger partial charge >= 0.3 is 0 Å². The molecule has 1 aliphatic carbocycles. The lowest BCUT2D eigenvalue weighted by atomic mass is 10.0. The normalized spacial score (nSPS) is 30.1. The van der Waals surface area contributed by atoms with Crippen molar-refractivity contribution in [3.8, 4) is 0 Å². The lowest BCUT2D eigenvalue weighted by molar-refractivity contribution is 0.549. The van der Waals surface area contributed by atoms with Crippen LogP contribution in [-0.4, -0.2) is 29.9 Å². The van der Waals surface area contributed by atoms with Crippen LogP contribution in [0.1, 0.15) is 43.1 Å². The van der Waals surface area contributed by atoms with E-state index < -0.39 is 9.84 Å². The summed E-state index contributed by atoms with van der Waals surface area (Å²) in [6.45, 7) is 0. The molecule has 2 heterocycles. The van der Waals surface area contributed by atoms with E-state index in [1.807, 2.05) is 0 Å². The van der Waals surface area contributed by atoms with Gasteiger partial charge in [0.05, 0.1) is 17.0 Å². The van der Waals surface area contributed by atoms with Crippen LogP contribution >= 0.6 is 0 Å². The van der Waals surface area contributed by atoms with Crippen LogP contribution in [0.25, 0.3) is 0 Å². The molecule has 2 fully saturated rings. The van der Waals surface area contributed by atoms with Crippen molar-refractivity contribution in [2.75, 3.05) is 11.5 Å². The summed E-state index contributed by atoms with van der Waals surface area (Å²) >= 11 is 0. The van der Waals surface area contributed by atoms with Crippen LogP contribution in [0.5, 0.6) is 0 Å². The molecule has 0 aromatic carbocycles. The van der Waals surface area contributed by atoms with Gasteiger partial charge in [-0.2, -0.15) is 0 Å². The quantitative estimate of drug-likeness (QED) is 0.812. The molecule has 1 aliphatic heterocycles. The molecule has 3 rings (SSSR count). The fourth-order valence-electron chi connectivity index (χ4n) is 2.44. The summed E-state index contributed by atoms with van der Waals surface area (Å²) in [5, 5.41) is 0. The highest BCUT2D eigenvalue weighted by atomic mass is 32.2. The van der Waals surface area contributed by atoms with Gasteiger partial charge in [-0.1, -0.05) is 0 Å². The number of H-pyrrole nitrogens is 1. The van der Waals surface area contributed by atoms with Crippen LogP contribution in [0.2, 0.25) is 0 Å². The molecule has 0 amide bonds. The molecule has 2 aliphatic rings. The molecule has 1 aromatic heterocycles. The molecule has 6 heteroatoms. The van der Waals surface area contributed by atoms with Crippen LogP contribution in [0.4, 0.5) is 0 Å². The summed E-state index contributed by atoms with van der Waals surface area (Å²) in [4.78, 5) is 7.52. The maximum atomic E-state index is 11.6. The minimum absolute atomic E-state index is 0.0670. The molecule has 5 nitrogen and oxygen atoms in total. The Morgan fingerprint density at radius 1 is 1.47 bits per heavy atom. The Labute approximate surface area is 101 Å². The smallest absolute Gasteiger partial charge is 0.150 e. The molecule has 0 spiro atoms. The molecule has 0 radical (unpaired) electrons. The zero-order chi connectivity index (χ0) is 12.1. The van der Waals surface area contributed by atoms with E-state index in [0.29, 0.717) is 5.75 Å². The van der Waals surface area contributed by atoms with Crippen LogP contribution in [0, 0.1) is 0 Å². The van der Waals surface area contributed by atoms with Gasteiger partial charge < -0.3 is 10.7 Å². The summed E-state index contributed by atoms with van der Waals surface area (Å²) < 4.78 is 23.2. The fourth-order valence-corrected chi connectivity index (χ4v) is 4.17. The van der Waals surface area contributed by atoms with Gasteiger partial charge in [0, 0.05) is 17.8 Å². The first-order valence-corrected chi connectivity index (χ1v) is 7.85. The van der Waals surface area contributed by atoms with Crippen molar-refractivity contribution >= 4 is 9.84 Å². The van der Waals surface area contributed by atoms with E-state index in [4.69, 9.17) is 5.73 Å². The molecule has 3 N–H and O–H groups in total. The maximum Gasteiger partial charge on any atom is 0.150 e. The third-order valence-corrected chi connectivity index (χ3v) is 5.58. The van der Waals surface area contributed by atoms with E-state index >= 15 is 0 Å². The molecule has 1 atom stereocenters. The Balaban J connectivity index is 1.82. The van der Waals surface area contributed by atoms with Gasteiger partial charge in [0.25, 0.3) is 0 Å². The number of hydrogen-bond acceptors (Lipinski definition) is 4. The monoisotopic (exact) mass is 255 g/mol. The molecule has 1 saturated heterocycles. The summed E-state index contributed by atoms with van der Waals surface area (Å²) in [6.07, 6.45) is 5.34. The van der Waals surface area contributed by atoms with Crippen molar-refractivity contribution in [2.45, 2.75) is 37.1 Å². The number of nitrogens with two attached hydrogens (primary N) is 1. The van der Waals surface area contributed by atoms with Crippen molar-refractivity contribution in [2.24, 2.45) is 5.73 Å². The highest BCUT2D eigenvalue weighted by molar-refractivity contribution is 7.91. The van der Waals surface area contributed by atoms with Crippen LogP contribution < -0.4 is 5.73 Å². The second-order valence-electron chi connectivity index (χ2n) is 5.30. The standard InChI is InChI=1S/C11H17N3O2S/c12-11(3-4-11)10-13-6-9(14-10)8-2-1-5-17(15,16)7-8/h6,8H,1-5,7,12H2,(H,13,14). The Morgan fingerprint density at radius 2 is 2.24 bits per heavy atom. The van der Waals surface area contributed by atoms with Gasteiger partial charge in [0.1, 0.15) is 5.82 Å². The van der Waals surface area contributed by atoms with E-state index in [1.54, 1.807) is 6.20 Å². The fraction of sp³-hybridized carbons (Fsp3) is 0.727. The largest absolute Gasteiger partial charge is 0.344 e. The Hall–Kier alpha value is -0.880. The minimum Gasteiger partial charge on any atom is -0.344 e. The predicted octanol–water partition coefficient (Wildman–Crippen LogP) is 0.650. The number of aromatic amines is 1. The van der Waals surface area contributed by atoms with Crippen molar-refractivity contribution < 1.29 is 8.42 Å². The van der Waals surface area contributed by atoms with Gasteiger partial charge in [-0.25, -0.2) is 13.4 Å². The number of nitrogens with zero attached hydrogens (tertiary/aromatic N) is 1. The first-order valence-electron chi connectivity index (χ1n) is 6.03. The number of imidazole rings is 1. The molecule has 1 unspecified atom stereocenters. The zero-order valence-electron chi connectivity index (χ0n) is 9.65. The van der Waals surface area contributed by atoms with Crippen LogP contribution in [0.15, 0.2) is 6.20 Å². The average Bonchev–Trinajstić information content (AvgIpc) is 2.81. The summed E-state index contributed by atoms with van der Waals surface area (Å²) in [5.74, 6) is 1.45. The summed E-state index contributed by atoms with van der Waals surface area (Å²) in [7, 11) is -2.87. The van der Waals surface area contributed by atoms with Gasteiger partial charge in [-0.3, -0.25) is 0 Å². The highest BCUT2D eigenvalue weighted by Gasteiger charge is 2.43. The van der Waals surface area contributed by atoms with Crippen molar-refractivity contribution in [1.29, 1.82) is 0 Å². The Bertz CT molecular complexity index is 531. The lowest BCUT2D eigenvalue weighted by Crippen LogP contribution is -2.24. The maximum absolute atomic E-state index is 11.6. The average molecular weight is 255 g/mol. The van der Waals surface area contributed by atoms with Gasteiger partial charge in [-0.05, 0) is 25.7 Å². The van der Waals surface area contributed by atoms with Crippen molar-refractivity contribution in [3.63, 3.8) is 0 Å².